The van der Waals surface area contributed by atoms with Crippen LogP contribution in [0.5, 0.6) is 0 Å². The van der Waals surface area contributed by atoms with E-state index >= 15 is 0 Å². The van der Waals surface area contributed by atoms with Crippen molar-refractivity contribution < 1.29 is 4.74 Å². The molecule has 2 nitrogen and oxygen atoms in total. The summed E-state index contributed by atoms with van der Waals surface area (Å²) in [7, 11) is 0. The summed E-state index contributed by atoms with van der Waals surface area (Å²) in [5.74, 6) is 0. The van der Waals surface area contributed by atoms with Crippen LogP contribution in [-0.2, 0) is 11.3 Å². The summed E-state index contributed by atoms with van der Waals surface area (Å²) >= 11 is 0. The van der Waals surface area contributed by atoms with Gasteiger partial charge in [-0.2, -0.15) is 0 Å². The SMILES string of the molecule is Cl.c1ccc(COC2CC3(CNC3)C2)cc1. The van der Waals surface area contributed by atoms with Gasteiger partial charge in [0.15, 0.2) is 0 Å². The van der Waals surface area contributed by atoms with Crippen LogP contribution in [0.2, 0.25) is 0 Å². The molecule has 1 aromatic rings. The quantitative estimate of drug-likeness (QED) is 0.875. The van der Waals surface area contributed by atoms with Gasteiger partial charge in [-0.05, 0) is 18.4 Å². The maximum absolute atomic E-state index is 5.87. The third kappa shape index (κ3) is 2.24. The van der Waals surface area contributed by atoms with Crippen molar-refractivity contribution in [3.05, 3.63) is 35.9 Å². The number of ether oxygens (including phenoxy) is 1. The Labute approximate surface area is 103 Å². The fraction of sp³-hybridized carbons (Fsp3) is 0.538. The lowest BCUT2D eigenvalue weighted by molar-refractivity contribution is -0.109. The Balaban J connectivity index is 0.000000963. The second-order valence-electron chi connectivity index (χ2n) is 4.93. The monoisotopic (exact) mass is 239 g/mol. The van der Waals surface area contributed by atoms with Crippen LogP contribution in [0.25, 0.3) is 0 Å². The first-order valence-corrected chi connectivity index (χ1v) is 5.73. The molecule has 0 radical (unpaired) electrons. The molecule has 1 saturated heterocycles. The lowest BCUT2D eigenvalue weighted by atomic mass is 9.63. The van der Waals surface area contributed by atoms with Gasteiger partial charge in [0, 0.05) is 18.5 Å². The highest BCUT2D eigenvalue weighted by Crippen LogP contribution is 2.45. The maximum atomic E-state index is 5.87. The summed E-state index contributed by atoms with van der Waals surface area (Å²) in [6.45, 7) is 3.19. The van der Waals surface area contributed by atoms with E-state index in [4.69, 9.17) is 4.74 Å². The van der Waals surface area contributed by atoms with E-state index in [2.05, 4.69) is 29.6 Å². The van der Waals surface area contributed by atoms with E-state index < -0.39 is 0 Å². The van der Waals surface area contributed by atoms with E-state index in [0.29, 0.717) is 11.5 Å². The summed E-state index contributed by atoms with van der Waals surface area (Å²) < 4.78 is 5.87. The Morgan fingerprint density at radius 3 is 2.44 bits per heavy atom. The van der Waals surface area contributed by atoms with Gasteiger partial charge in [0.05, 0.1) is 12.7 Å². The highest BCUT2D eigenvalue weighted by molar-refractivity contribution is 5.85. The third-order valence-corrected chi connectivity index (χ3v) is 3.65. The molecule has 0 aromatic heterocycles. The minimum Gasteiger partial charge on any atom is -0.373 e. The molecular weight excluding hydrogens is 222 g/mol. The number of rotatable bonds is 3. The van der Waals surface area contributed by atoms with Gasteiger partial charge < -0.3 is 10.1 Å². The number of nitrogens with one attached hydrogen (secondary N) is 1. The van der Waals surface area contributed by atoms with Gasteiger partial charge in [0.2, 0.25) is 0 Å². The molecular formula is C13H18ClNO. The van der Waals surface area contributed by atoms with E-state index in [-0.39, 0.29) is 12.4 Å². The largest absolute Gasteiger partial charge is 0.373 e. The van der Waals surface area contributed by atoms with Crippen molar-refractivity contribution >= 4 is 12.4 Å². The first kappa shape index (κ1) is 11.9. The summed E-state index contributed by atoms with van der Waals surface area (Å²) in [5, 5.41) is 3.34. The molecule has 16 heavy (non-hydrogen) atoms. The molecule has 1 heterocycles. The van der Waals surface area contributed by atoms with Gasteiger partial charge >= 0.3 is 0 Å². The molecule has 3 heteroatoms. The van der Waals surface area contributed by atoms with Crippen molar-refractivity contribution in [2.45, 2.75) is 25.6 Å². The standard InChI is InChI=1S/C13H17NO.ClH/c1-2-4-11(5-3-1)8-15-12-6-13(7-12)9-14-10-13;/h1-5,12,14H,6-10H2;1H. The Morgan fingerprint density at radius 1 is 1.19 bits per heavy atom. The van der Waals surface area contributed by atoms with Crippen molar-refractivity contribution in [1.29, 1.82) is 0 Å². The van der Waals surface area contributed by atoms with Crippen LogP contribution in [0.3, 0.4) is 0 Å². The summed E-state index contributed by atoms with van der Waals surface area (Å²) in [4.78, 5) is 0. The lowest BCUT2D eigenvalue weighted by Gasteiger charge is -2.54. The zero-order valence-corrected chi connectivity index (χ0v) is 10.1. The van der Waals surface area contributed by atoms with Gasteiger partial charge in [0.25, 0.3) is 0 Å². The van der Waals surface area contributed by atoms with Crippen LogP contribution in [-0.4, -0.2) is 19.2 Å². The summed E-state index contributed by atoms with van der Waals surface area (Å²) in [5.41, 5.74) is 1.91. The minimum atomic E-state index is 0. The van der Waals surface area contributed by atoms with Crippen LogP contribution in [0, 0.1) is 5.41 Å². The predicted octanol–water partition coefficient (Wildman–Crippen LogP) is 2.38. The van der Waals surface area contributed by atoms with Crippen molar-refractivity contribution in [2.24, 2.45) is 5.41 Å². The first-order chi connectivity index (χ1) is 7.36. The number of hydrogen-bond acceptors (Lipinski definition) is 2. The molecule has 0 atom stereocenters. The molecule has 88 valence electrons. The second kappa shape index (κ2) is 4.74. The van der Waals surface area contributed by atoms with Gasteiger partial charge in [-0.1, -0.05) is 30.3 Å². The van der Waals surface area contributed by atoms with Gasteiger partial charge in [0.1, 0.15) is 0 Å². The van der Waals surface area contributed by atoms with Crippen LogP contribution < -0.4 is 5.32 Å². The zero-order valence-electron chi connectivity index (χ0n) is 9.32. The van der Waals surface area contributed by atoms with E-state index in [1.807, 2.05) is 6.07 Å². The molecule has 1 saturated carbocycles. The normalized spacial score (nSPS) is 22.0. The van der Waals surface area contributed by atoms with Crippen LogP contribution in [0.1, 0.15) is 18.4 Å². The van der Waals surface area contributed by atoms with Gasteiger partial charge in [-0.3, -0.25) is 0 Å². The van der Waals surface area contributed by atoms with Gasteiger partial charge in [-0.25, -0.2) is 0 Å². The number of benzene rings is 1. The molecule has 1 spiro atoms. The van der Waals surface area contributed by atoms with E-state index in [0.717, 1.165) is 6.61 Å². The highest BCUT2D eigenvalue weighted by Gasteiger charge is 2.48. The third-order valence-electron chi connectivity index (χ3n) is 3.65. The second-order valence-corrected chi connectivity index (χ2v) is 4.93. The predicted molar refractivity (Wildman–Crippen MR) is 66.8 cm³/mol. The molecule has 1 aliphatic carbocycles. The highest BCUT2D eigenvalue weighted by atomic mass is 35.5. The smallest absolute Gasteiger partial charge is 0.0720 e. The molecule has 1 aromatic carbocycles. The number of halogens is 1. The summed E-state index contributed by atoms with van der Waals surface area (Å²) in [6, 6.07) is 10.4. The molecule has 0 bridgehead atoms. The van der Waals surface area contributed by atoms with E-state index in [9.17, 15) is 0 Å². The van der Waals surface area contributed by atoms with Crippen LogP contribution in [0.15, 0.2) is 30.3 Å². The average Bonchev–Trinajstić information content (AvgIpc) is 2.15. The number of hydrogen-bond donors (Lipinski definition) is 1. The molecule has 2 aliphatic rings. The molecule has 0 unspecified atom stereocenters. The van der Waals surface area contributed by atoms with Crippen LogP contribution in [0.4, 0.5) is 0 Å². The molecule has 2 fully saturated rings. The molecule has 3 rings (SSSR count). The average molecular weight is 240 g/mol. The lowest BCUT2D eigenvalue weighted by Crippen LogP contribution is -2.62. The zero-order chi connectivity index (χ0) is 10.1. The Bertz CT molecular complexity index is 329. The molecule has 1 aliphatic heterocycles. The van der Waals surface area contributed by atoms with Crippen LogP contribution >= 0.6 is 12.4 Å². The Hall–Kier alpha value is -0.570. The van der Waals surface area contributed by atoms with Crippen molar-refractivity contribution in [3.8, 4) is 0 Å². The molecule has 1 N–H and O–H groups in total. The van der Waals surface area contributed by atoms with E-state index in [1.54, 1.807) is 0 Å². The van der Waals surface area contributed by atoms with E-state index in [1.165, 1.54) is 31.5 Å². The summed E-state index contributed by atoms with van der Waals surface area (Å²) in [6.07, 6.45) is 3.02. The van der Waals surface area contributed by atoms with Crippen molar-refractivity contribution in [3.63, 3.8) is 0 Å². The van der Waals surface area contributed by atoms with Crippen molar-refractivity contribution in [1.82, 2.24) is 5.32 Å². The first-order valence-electron chi connectivity index (χ1n) is 5.73. The topological polar surface area (TPSA) is 21.3 Å². The van der Waals surface area contributed by atoms with Gasteiger partial charge in [-0.15, -0.1) is 12.4 Å². The Morgan fingerprint density at radius 2 is 1.88 bits per heavy atom. The minimum absolute atomic E-state index is 0. The Kier molecular flexibility index (Phi) is 3.53. The maximum Gasteiger partial charge on any atom is 0.0720 e. The fourth-order valence-corrected chi connectivity index (χ4v) is 2.58. The van der Waals surface area contributed by atoms with Crippen molar-refractivity contribution in [2.75, 3.05) is 13.1 Å². The molecule has 0 amide bonds. The fourth-order valence-electron chi connectivity index (χ4n) is 2.58.